The summed E-state index contributed by atoms with van der Waals surface area (Å²) in [5, 5.41) is 23.0. The van der Waals surface area contributed by atoms with E-state index in [0.717, 1.165) is 43.9 Å². The van der Waals surface area contributed by atoms with Crippen LogP contribution in [0.4, 0.5) is 0 Å². The van der Waals surface area contributed by atoms with Gasteiger partial charge in [-0.25, -0.2) is 0 Å². The number of tetrazole rings is 1. The van der Waals surface area contributed by atoms with Crippen LogP contribution in [-0.2, 0) is 11.3 Å². The predicted molar refractivity (Wildman–Crippen MR) is 118 cm³/mol. The van der Waals surface area contributed by atoms with Crippen LogP contribution in [0.5, 0.6) is 0 Å². The fourth-order valence-corrected chi connectivity index (χ4v) is 8.80. The Hall–Kier alpha value is -1.30. The van der Waals surface area contributed by atoms with Crippen molar-refractivity contribution in [3.8, 4) is 0 Å². The van der Waals surface area contributed by atoms with E-state index in [0.29, 0.717) is 28.9 Å². The first-order chi connectivity index (χ1) is 14.6. The number of ketones is 1. The standard InChI is InChI=1S/C25H40N4O2/c1-16-26-28-29(27-16)15-22(30)21-7-5-6-19-18-9-8-17-14-23(2,31)12-13-24(17,3)20(18)10-11-25(19,21)4/h17-21,31H,5-15H2,1-4H3/t17-,18+,19+,20+,21-,23-,24+,25+/m1/s1. The van der Waals surface area contributed by atoms with Gasteiger partial charge < -0.3 is 5.11 Å². The lowest BCUT2D eigenvalue weighted by Crippen LogP contribution is -2.58. The highest BCUT2D eigenvalue weighted by molar-refractivity contribution is 5.81. The average Bonchev–Trinajstić information content (AvgIpc) is 3.11. The molecular formula is C25H40N4O2. The number of Topliss-reactive ketones (excluding diaryl/α,β-unsaturated/α-hetero) is 1. The number of fused-ring (bicyclic) bond motifs is 5. The molecule has 0 bridgehead atoms. The quantitative estimate of drug-likeness (QED) is 0.774. The van der Waals surface area contributed by atoms with Crippen LogP contribution >= 0.6 is 0 Å². The van der Waals surface area contributed by atoms with Crippen molar-refractivity contribution in [3.05, 3.63) is 5.82 Å². The van der Waals surface area contributed by atoms with Crippen LogP contribution in [0.2, 0.25) is 0 Å². The molecule has 1 aromatic rings. The SMILES string of the molecule is Cc1nnn(CC(=O)[C@H]2CCC[C@H]3[C@@H]4CC[C@@H]5C[C@](C)(O)CC[C@]5(C)[C@H]4CC[C@]23C)n1. The van der Waals surface area contributed by atoms with E-state index in [2.05, 4.69) is 29.3 Å². The Morgan fingerprint density at radius 1 is 1.03 bits per heavy atom. The molecule has 6 heteroatoms. The van der Waals surface area contributed by atoms with Crippen molar-refractivity contribution in [2.45, 2.75) is 104 Å². The van der Waals surface area contributed by atoms with Gasteiger partial charge in [-0.2, -0.15) is 4.80 Å². The predicted octanol–water partition coefficient (Wildman–Crippen LogP) is 4.35. The monoisotopic (exact) mass is 428 g/mol. The van der Waals surface area contributed by atoms with Gasteiger partial charge in [0.15, 0.2) is 11.6 Å². The smallest absolute Gasteiger partial charge is 0.171 e. The lowest BCUT2D eigenvalue weighted by atomic mass is 9.41. The number of rotatable bonds is 3. The van der Waals surface area contributed by atoms with Gasteiger partial charge in [0, 0.05) is 5.92 Å². The average molecular weight is 429 g/mol. The molecule has 8 atom stereocenters. The molecule has 5 rings (SSSR count). The molecule has 1 aromatic heterocycles. The largest absolute Gasteiger partial charge is 0.390 e. The Kier molecular flexibility index (Phi) is 5.11. The molecule has 4 fully saturated rings. The molecule has 1 N–H and O–H groups in total. The molecule has 0 radical (unpaired) electrons. The summed E-state index contributed by atoms with van der Waals surface area (Å²) < 4.78 is 0. The van der Waals surface area contributed by atoms with E-state index in [1.807, 2.05) is 13.8 Å². The molecule has 0 amide bonds. The molecule has 0 aromatic carbocycles. The van der Waals surface area contributed by atoms with Crippen LogP contribution < -0.4 is 0 Å². The van der Waals surface area contributed by atoms with Crippen LogP contribution in [0.15, 0.2) is 0 Å². The molecule has 172 valence electrons. The Morgan fingerprint density at radius 2 is 1.81 bits per heavy atom. The fourth-order valence-electron chi connectivity index (χ4n) is 8.80. The topological polar surface area (TPSA) is 80.9 Å². The summed E-state index contributed by atoms with van der Waals surface area (Å²) in [6.07, 6.45) is 11.5. The number of aromatic nitrogens is 4. The highest BCUT2D eigenvalue weighted by Crippen LogP contribution is 2.67. The maximum absolute atomic E-state index is 13.4. The maximum atomic E-state index is 13.4. The molecule has 0 spiro atoms. The number of carbonyl (C=O) groups is 1. The number of aryl methyl sites for hydroxylation is 1. The summed E-state index contributed by atoms with van der Waals surface area (Å²) >= 11 is 0. The second-order valence-electron chi connectivity index (χ2n) is 12.2. The Labute approximate surface area is 186 Å². The van der Waals surface area contributed by atoms with Crippen molar-refractivity contribution in [1.82, 2.24) is 20.2 Å². The van der Waals surface area contributed by atoms with Crippen molar-refractivity contribution >= 4 is 5.78 Å². The number of aliphatic hydroxyl groups is 1. The van der Waals surface area contributed by atoms with Crippen LogP contribution in [0.25, 0.3) is 0 Å². The minimum atomic E-state index is -0.476. The van der Waals surface area contributed by atoms with Gasteiger partial charge in [-0.15, -0.1) is 10.2 Å². The second kappa shape index (κ2) is 7.36. The van der Waals surface area contributed by atoms with E-state index in [9.17, 15) is 9.90 Å². The molecule has 4 aliphatic rings. The first-order valence-electron chi connectivity index (χ1n) is 12.6. The van der Waals surface area contributed by atoms with E-state index in [1.165, 1.54) is 36.9 Å². The second-order valence-corrected chi connectivity index (χ2v) is 12.2. The van der Waals surface area contributed by atoms with E-state index in [-0.39, 0.29) is 17.9 Å². The highest BCUT2D eigenvalue weighted by atomic mass is 16.3. The first kappa shape index (κ1) is 21.5. The molecule has 31 heavy (non-hydrogen) atoms. The van der Waals surface area contributed by atoms with Crippen LogP contribution in [0, 0.1) is 47.3 Å². The summed E-state index contributed by atoms with van der Waals surface area (Å²) in [6.45, 7) is 9.08. The molecule has 1 heterocycles. The zero-order chi connectivity index (χ0) is 22.0. The molecule has 0 saturated heterocycles. The van der Waals surface area contributed by atoms with Gasteiger partial charge in [0.1, 0.15) is 6.54 Å². The van der Waals surface area contributed by atoms with Crippen molar-refractivity contribution in [2.24, 2.45) is 40.4 Å². The minimum Gasteiger partial charge on any atom is -0.390 e. The van der Waals surface area contributed by atoms with Crippen molar-refractivity contribution < 1.29 is 9.90 Å². The maximum Gasteiger partial charge on any atom is 0.171 e. The lowest BCUT2D eigenvalue weighted by Gasteiger charge is -2.64. The molecule has 0 aliphatic heterocycles. The zero-order valence-electron chi connectivity index (χ0n) is 19.8. The summed E-state index contributed by atoms with van der Waals surface area (Å²) in [6, 6.07) is 0. The Balaban J connectivity index is 1.37. The third kappa shape index (κ3) is 3.48. The summed E-state index contributed by atoms with van der Waals surface area (Å²) in [5.41, 5.74) is -0.00259. The van der Waals surface area contributed by atoms with Gasteiger partial charge in [-0.1, -0.05) is 20.3 Å². The van der Waals surface area contributed by atoms with Gasteiger partial charge in [0.05, 0.1) is 5.60 Å². The number of hydrogen-bond acceptors (Lipinski definition) is 5. The van der Waals surface area contributed by atoms with E-state index < -0.39 is 5.60 Å². The van der Waals surface area contributed by atoms with Gasteiger partial charge >= 0.3 is 0 Å². The van der Waals surface area contributed by atoms with Crippen molar-refractivity contribution in [1.29, 1.82) is 0 Å². The molecule has 4 saturated carbocycles. The van der Waals surface area contributed by atoms with E-state index >= 15 is 0 Å². The van der Waals surface area contributed by atoms with Crippen molar-refractivity contribution in [2.75, 3.05) is 0 Å². The number of carbonyl (C=O) groups excluding carboxylic acids is 1. The summed E-state index contributed by atoms with van der Waals surface area (Å²) in [5.74, 6) is 3.86. The van der Waals surface area contributed by atoms with Crippen LogP contribution in [0.1, 0.15) is 90.8 Å². The van der Waals surface area contributed by atoms with E-state index in [4.69, 9.17) is 0 Å². The van der Waals surface area contributed by atoms with Crippen molar-refractivity contribution in [3.63, 3.8) is 0 Å². The fraction of sp³-hybridized carbons (Fsp3) is 0.920. The normalized spacial score (nSPS) is 47.2. The first-order valence-corrected chi connectivity index (χ1v) is 12.6. The Morgan fingerprint density at radius 3 is 2.55 bits per heavy atom. The Bertz CT molecular complexity index is 850. The third-order valence-electron chi connectivity index (χ3n) is 10.4. The van der Waals surface area contributed by atoms with Crippen LogP contribution in [-0.4, -0.2) is 36.7 Å². The molecule has 6 nitrogen and oxygen atoms in total. The molecular weight excluding hydrogens is 388 g/mol. The number of hydrogen-bond donors (Lipinski definition) is 1. The van der Waals surface area contributed by atoms with Gasteiger partial charge in [-0.3, -0.25) is 4.79 Å². The van der Waals surface area contributed by atoms with E-state index in [1.54, 1.807) is 0 Å². The minimum absolute atomic E-state index is 0.107. The number of nitrogens with zero attached hydrogens (tertiary/aromatic N) is 4. The van der Waals surface area contributed by atoms with Crippen LogP contribution in [0.3, 0.4) is 0 Å². The van der Waals surface area contributed by atoms with Gasteiger partial charge in [-0.05, 0) is 111 Å². The van der Waals surface area contributed by atoms with Gasteiger partial charge in [0.2, 0.25) is 0 Å². The summed E-state index contributed by atoms with van der Waals surface area (Å²) in [7, 11) is 0. The molecule has 0 unspecified atom stereocenters. The van der Waals surface area contributed by atoms with Gasteiger partial charge in [0.25, 0.3) is 0 Å². The summed E-state index contributed by atoms with van der Waals surface area (Å²) in [4.78, 5) is 14.9. The lowest BCUT2D eigenvalue weighted by molar-refractivity contribution is -0.169. The molecule has 4 aliphatic carbocycles. The zero-order valence-corrected chi connectivity index (χ0v) is 19.8. The third-order valence-corrected chi connectivity index (χ3v) is 10.4. The highest BCUT2D eigenvalue weighted by Gasteiger charge is 2.60.